The second kappa shape index (κ2) is 10.1. The van der Waals surface area contributed by atoms with Gasteiger partial charge in [0.2, 0.25) is 0 Å². The molecule has 6 nitrogen and oxygen atoms in total. The highest BCUT2D eigenvalue weighted by molar-refractivity contribution is 7.21. The first kappa shape index (κ1) is 22.8. The number of hydrogen-bond acceptors (Lipinski definition) is 6. The van der Waals surface area contributed by atoms with E-state index in [1.165, 1.54) is 46.7 Å². The van der Waals surface area contributed by atoms with Gasteiger partial charge >= 0.3 is 0 Å². The molecule has 1 fully saturated rings. The van der Waals surface area contributed by atoms with E-state index in [9.17, 15) is 4.79 Å². The Morgan fingerprint density at radius 1 is 1.16 bits per heavy atom. The predicted octanol–water partition coefficient (Wildman–Crippen LogP) is 3.56. The lowest BCUT2D eigenvalue weighted by Gasteiger charge is -2.29. The van der Waals surface area contributed by atoms with Crippen LogP contribution in [0.4, 0.5) is 11.4 Å². The number of nitrogens with zero attached hydrogens (tertiary/aromatic N) is 2. The maximum atomic E-state index is 12.8. The summed E-state index contributed by atoms with van der Waals surface area (Å²) in [5.74, 6) is -0.101. The molecule has 0 unspecified atom stereocenters. The van der Waals surface area contributed by atoms with E-state index in [0.29, 0.717) is 17.1 Å². The van der Waals surface area contributed by atoms with Crippen LogP contribution < -0.4 is 21.3 Å². The molecule has 1 aliphatic carbocycles. The standard InChI is InChI=1S/C24H29N5OS.ClH/c25-21-19-15-17-3-1-2-4-20(17)28-24(19)31-22(21)23(30)27-10-9-16-5-7-18(8-6-16)29-13-11-26-12-14-29;/h5-8,15,26H,1-4,9-14,25H2,(H,27,30);1H. The molecule has 0 atom stereocenters. The number of piperazine rings is 1. The first-order chi connectivity index (χ1) is 15.2. The summed E-state index contributed by atoms with van der Waals surface area (Å²) in [6.45, 7) is 4.75. The number of carbonyl (C=O) groups is 1. The second-order valence-corrected chi connectivity index (χ2v) is 9.41. The first-order valence-corrected chi connectivity index (χ1v) is 12.0. The monoisotopic (exact) mass is 471 g/mol. The Kier molecular flexibility index (Phi) is 7.18. The normalized spacial score (nSPS) is 15.8. The second-order valence-electron chi connectivity index (χ2n) is 8.41. The van der Waals surface area contributed by atoms with Crippen LogP contribution >= 0.6 is 23.7 Å². The van der Waals surface area contributed by atoms with Crippen LogP contribution in [0, 0.1) is 0 Å². The van der Waals surface area contributed by atoms with E-state index in [-0.39, 0.29) is 18.3 Å². The molecule has 2 aliphatic rings. The maximum absolute atomic E-state index is 12.8. The van der Waals surface area contributed by atoms with E-state index in [0.717, 1.165) is 55.7 Å². The molecule has 0 spiro atoms. The number of halogens is 1. The molecule has 3 heterocycles. The topological polar surface area (TPSA) is 83.3 Å². The predicted molar refractivity (Wildman–Crippen MR) is 135 cm³/mol. The highest BCUT2D eigenvalue weighted by Gasteiger charge is 2.20. The summed E-state index contributed by atoms with van der Waals surface area (Å²) in [7, 11) is 0. The number of fused-ring (bicyclic) bond motifs is 2. The Hall–Kier alpha value is -2.35. The minimum Gasteiger partial charge on any atom is -0.397 e. The first-order valence-electron chi connectivity index (χ1n) is 11.2. The number of thiophene rings is 1. The van der Waals surface area contributed by atoms with Crippen LogP contribution in [0.25, 0.3) is 10.2 Å². The molecule has 170 valence electrons. The van der Waals surface area contributed by atoms with E-state index < -0.39 is 0 Å². The smallest absolute Gasteiger partial charge is 0.263 e. The van der Waals surface area contributed by atoms with Gasteiger partial charge in [-0.3, -0.25) is 4.79 Å². The molecule has 2 aromatic heterocycles. The quantitative estimate of drug-likeness (QED) is 0.530. The lowest BCUT2D eigenvalue weighted by Crippen LogP contribution is -2.43. The van der Waals surface area contributed by atoms with Crippen molar-refractivity contribution in [2.24, 2.45) is 0 Å². The van der Waals surface area contributed by atoms with E-state index in [1.54, 1.807) is 0 Å². The molecule has 0 bridgehead atoms. The summed E-state index contributed by atoms with van der Waals surface area (Å²) in [5.41, 5.74) is 11.9. The molecular formula is C24H30ClN5OS. The van der Waals surface area contributed by atoms with Gasteiger partial charge in [-0.15, -0.1) is 23.7 Å². The van der Waals surface area contributed by atoms with E-state index in [4.69, 9.17) is 10.7 Å². The van der Waals surface area contributed by atoms with Crippen molar-refractivity contribution in [2.45, 2.75) is 32.1 Å². The van der Waals surface area contributed by atoms with Gasteiger partial charge in [-0.1, -0.05) is 12.1 Å². The molecule has 1 saturated heterocycles. The van der Waals surface area contributed by atoms with Crippen LogP contribution in [0.3, 0.4) is 0 Å². The number of benzene rings is 1. The van der Waals surface area contributed by atoms with Gasteiger partial charge in [-0.05, 0) is 61.4 Å². The van der Waals surface area contributed by atoms with E-state index >= 15 is 0 Å². The van der Waals surface area contributed by atoms with E-state index in [1.807, 2.05) is 0 Å². The molecular weight excluding hydrogens is 442 g/mol. The Bertz CT molecular complexity index is 1090. The van der Waals surface area contributed by atoms with Gasteiger partial charge in [0.25, 0.3) is 5.91 Å². The minimum atomic E-state index is -0.101. The third kappa shape index (κ3) is 4.70. The van der Waals surface area contributed by atoms with Crippen LogP contribution in [-0.2, 0) is 19.3 Å². The summed E-state index contributed by atoms with van der Waals surface area (Å²) in [5, 5.41) is 7.35. The van der Waals surface area contributed by atoms with E-state index in [2.05, 4.69) is 45.9 Å². The van der Waals surface area contributed by atoms with Crippen molar-refractivity contribution in [2.75, 3.05) is 43.4 Å². The molecule has 1 aliphatic heterocycles. The Morgan fingerprint density at radius 3 is 2.69 bits per heavy atom. The Morgan fingerprint density at radius 2 is 1.91 bits per heavy atom. The summed E-state index contributed by atoms with van der Waals surface area (Å²) >= 11 is 1.41. The number of rotatable bonds is 5. The molecule has 3 aromatic rings. The van der Waals surface area contributed by atoms with Crippen molar-refractivity contribution < 1.29 is 4.79 Å². The molecule has 5 rings (SSSR count). The van der Waals surface area contributed by atoms with Gasteiger partial charge in [-0.2, -0.15) is 0 Å². The van der Waals surface area contributed by atoms with Gasteiger partial charge in [0, 0.05) is 49.5 Å². The van der Waals surface area contributed by atoms with Crippen LogP contribution in [0.1, 0.15) is 39.3 Å². The number of nitrogens with one attached hydrogen (secondary N) is 2. The third-order valence-electron chi connectivity index (χ3n) is 6.32. The third-order valence-corrected chi connectivity index (χ3v) is 7.44. The zero-order chi connectivity index (χ0) is 21.2. The fraction of sp³-hybridized carbons (Fsp3) is 0.417. The lowest BCUT2D eigenvalue weighted by atomic mass is 9.95. The van der Waals surface area contributed by atoms with Crippen molar-refractivity contribution in [3.63, 3.8) is 0 Å². The lowest BCUT2D eigenvalue weighted by molar-refractivity contribution is 0.0959. The molecule has 0 radical (unpaired) electrons. The number of aryl methyl sites for hydroxylation is 2. The van der Waals surface area contributed by atoms with Crippen LogP contribution in [0.2, 0.25) is 0 Å². The summed E-state index contributed by atoms with van der Waals surface area (Å²) in [6.07, 6.45) is 5.27. The van der Waals surface area contributed by atoms with Crippen molar-refractivity contribution in [3.05, 3.63) is 52.0 Å². The molecule has 32 heavy (non-hydrogen) atoms. The van der Waals surface area contributed by atoms with Gasteiger partial charge in [0.15, 0.2) is 0 Å². The van der Waals surface area contributed by atoms with Crippen molar-refractivity contribution in [1.29, 1.82) is 0 Å². The fourth-order valence-electron chi connectivity index (χ4n) is 4.53. The summed E-state index contributed by atoms with van der Waals surface area (Å²) < 4.78 is 0. The molecule has 4 N–H and O–H groups in total. The molecule has 1 aromatic carbocycles. The number of hydrogen-bond donors (Lipinski definition) is 3. The SMILES string of the molecule is Cl.Nc1c(C(=O)NCCc2ccc(N3CCNCC3)cc2)sc2nc3c(cc12)CCCC3. The zero-order valence-corrected chi connectivity index (χ0v) is 19.8. The molecule has 8 heteroatoms. The number of aromatic nitrogens is 1. The molecule has 0 saturated carbocycles. The van der Waals surface area contributed by atoms with Gasteiger partial charge in [-0.25, -0.2) is 4.98 Å². The van der Waals surface area contributed by atoms with Gasteiger partial charge in [0.05, 0.1) is 5.69 Å². The van der Waals surface area contributed by atoms with Gasteiger partial charge in [0.1, 0.15) is 9.71 Å². The maximum Gasteiger partial charge on any atom is 0.263 e. The van der Waals surface area contributed by atoms with Crippen LogP contribution in [0.5, 0.6) is 0 Å². The number of pyridine rings is 1. The minimum absolute atomic E-state index is 0. The van der Waals surface area contributed by atoms with Crippen LogP contribution in [0.15, 0.2) is 30.3 Å². The van der Waals surface area contributed by atoms with Crippen LogP contribution in [-0.4, -0.2) is 43.6 Å². The number of nitrogen functional groups attached to an aromatic ring is 1. The highest BCUT2D eigenvalue weighted by Crippen LogP contribution is 2.35. The number of amides is 1. The van der Waals surface area contributed by atoms with Crippen molar-refractivity contribution >= 4 is 51.2 Å². The van der Waals surface area contributed by atoms with Crippen molar-refractivity contribution in [3.8, 4) is 0 Å². The fourth-order valence-corrected chi connectivity index (χ4v) is 5.54. The number of anilines is 2. The highest BCUT2D eigenvalue weighted by atomic mass is 35.5. The summed E-state index contributed by atoms with van der Waals surface area (Å²) in [4.78, 5) is 21.5. The van der Waals surface area contributed by atoms with Gasteiger partial charge < -0.3 is 21.3 Å². The number of nitrogens with two attached hydrogens (primary N) is 1. The Balaban J connectivity index is 0.00000245. The average Bonchev–Trinajstić information content (AvgIpc) is 3.14. The van der Waals surface area contributed by atoms with Crippen molar-refractivity contribution in [1.82, 2.24) is 15.6 Å². The Labute approximate surface area is 199 Å². The average molecular weight is 472 g/mol. The summed E-state index contributed by atoms with van der Waals surface area (Å²) in [6, 6.07) is 10.8. The zero-order valence-electron chi connectivity index (χ0n) is 18.2. The largest absolute Gasteiger partial charge is 0.397 e. The number of carbonyl (C=O) groups excluding carboxylic acids is 1. The molecule has 1 amide bonds.